The third-order valence-corrected chi connectivity index (χ3v) is 8.60. The van der Waals surface area contributed by atoms with Crippen molar-refractivity contribution in [2.75, 3.05) is 0 Å². The second-order valence-corrected chi connectivity index (χ2v) is 11.7. The standard InChI is InChI=1S/C40H41FN2O3/c1-7-8-38(44)39(28(6)33-10-9-24(2)35(20-33)40(45)46)34-21-36(37(41)19-25(34)3)32-17-15-31(16-18-32)30-13-11-29(12-14-30)27(5)26(4)22-43-23-42/h9-23,27H,7-8H2,1-6H3,(H2,42,43)(H,45,46)/b26-22+,39-28?. The van der Waals surface area contributed by atoms with Crippen LogP contribution in [-0.4, -0.2) is 23.2 Å². The van der Waals surface area contributed by atoms with Crippen LogP contribution in [0.15, 0.2) is 95.6 Å². The number of ketones is 1. The molecule has 0 saturated carbocycles. The molecule has 0 bridgehead atoms. The van der Waals surface area contributed by atoms with E-state index >= 15 is 4.39 Å². The van der Waals surface area contributed by atoms with Gasteiger partial charge in [0.25, 0.3) is 0 Å². The number of rotatable bonds is 11. The monoisotopic (exact) mass is 616 g/mol. The van der Waals surface area contributed by atoms with Gasteiger partial charge in [-0.15, -0.1) is 0 Å². The third kappa shape index (κ3) is 7.40. The Morgan fingerprint density at radius 3 is 2.07 bits per heavy atom. The lowest BCUT2D eigenvalue weighted by Crippen LogP contribution is -2.07. The van der Waals surface area contributed by atoms with E-state index < -0.39 is 5.97 Å². The summed E-state index contributed by atoms with van der Waals surface area (Å²) >= 11 is 0. The molecule has 236 valence electrons. The molecule has 46 heavy (non-hydrogen) atoms. The number of nitrogens with two attached hydrogens (primary N) is 1. The molecule has 0 aliphatic heterocycles. The lowest BCUT2D eigenvalue weighted by molar-refractivity contribution is -0.113. The lowest BCUT2D eigenvalue weighted by atomic mass is 9.86. The molecule has 4 aromatic rings. The van der Waals surface area contributed by atoms with Gasteiger partial charge in [-0.3, -0.25) is 4.79 Å². The molecule has 0 aromatic heterocycles. The van der Waals surface area contributed by atoms with Crippen molar-refractivity contribution in [2.24, 2.45) is 10.7 Å². The number of aliphatic imine (C=N–C) groups is 1. The van der Waals surface area contributed by atoms with Crippen LogP contribution in [0.25, 0.3) is 33.4 Å². The van der Waals surface area contributed by atoms with E-state index in [1.807, 2.05) is 51.1 Å². The fourth-order valence-electron chi connectivity index (χ4n) is 5.65. The van der Waals surface area contributed by atoms with Gasteiger partial charge >= 0.3 is 5.97 Å². The van der Waals surface area contributed by atoms with Gasteiger partial charge in [-0.25, -0.2) is 14.2 Å². The van der Waals surface area contributed by atoms with Crippen LogP contribution in [0, 0.1) is 19.7 Å². The Hall–Kier alpha value is -5.10. The number of benzene rings is 4. The normalized spacial score (nSPS) is 13.1. The van der Waals surface area contributed by atoms with Gasteiger partial charge in [0.2, 0.25) is 0 Å². The zero-order valence-corrected chi connectivity index (χ0v) is 27.3. The van der Waals surface area contributed by atoms with Gasteiger partial charge in [0, 0.05) is 29.7 Å². The zero-order chi connectivity index (χ0) is 33.5. The zero-order valence-electron chi connectivity index (χ0n) is 27.3. The third-order valence-electron chi connectivity index (χ3n) is 8.60. The second-order valence-electron chi connectivity index (χ2n) is 11.7. The number of aromatic carboxylic acids is 1. The maximum Gasteiger partial charge on any atom is 0.335 e. The Morgan fingerprint density at radius 1 is 0.870 bits per heavy atom. The van der Waals surface area contributed by atoms with Gasteiger partial charge in [-0.1, -0.05) is 74.5 Å². The summed E-state index contributed by atoms with van der Waals surface area (Å²) in [5.41, 5.74) is 14.6. The topological polar surface area (TPSA) is 92.8 Å². The summed E-state index contributed by atoms with van der Waals surface area (Å²) in [5, 5.41) is 9.70. The first-order valence-corrected chi connectivity index (χ1v) is 15.5. The average Bonchev–Trinajstić information content (AvgIpc) is 3.04. The Morgan fingerprint density at radius 2 is 1.48 bits per heavy atom. The summed E-state index contributed by atoms with van der Waals surface area (Å²) in [7, 11) is 0. The molecule has 0 radical (unpaired) electrons. The number of carboxylic acids is 1. The maximum absolute atomic E-state index is 15.5. The van der Waals surface area contributed by atoms with Gasteiger partial charge in [-0.05, 0) is 108 Å². The van der Waals surface area contributed by atoms with Crippen molar-refractivity contribution in [3.8, 4) is 22.3 Å². The van der Waals surface area contributed by atoms with E-state index in [4.69, 9.17) is 5.73 Å². The van der Waals surface area contributed by atoms with Crippen molar-refractivity contribution in [3.63, 3.8) is 0 Å². The maximum atomic E-state index is 15.5. The van der Waals surface area contributed by atoms with Crippen LogP contribution >= 0.6 is 0 Å². The van der Waals surface area contributed by atoms with Crippen LogP contribution in [0.2, 0.25) is 0 Å². The number of aryl methyl sites for hydroxylation is 2. The predicted molar refractivity (Wildman–Crippen MR) is 187 cm³/mol. The first-order valence-electron chi connectivity index (χ1n) is 15.5. The van der Waals surface area contributed by atoms with Crippen molar-refractivity contribution >= 4 is 29.2 Å². The van der Waals surface area contributed by atoms with Crippen LogP contribution in [0.5, 0.6) is 0 Å². The first-order chi connectivity index (χ1) is 22.0. The summed E-state index contributed by atoms with van der Waals surface area (Å²) < 4.78 is 15.5. The summed E-state index contributed by atoms with van der Waals surface area (Å²) in [5.74, 6) is -1.28. The molecule has 0 amide bonds. The van der Waals surface area contributed by atoms with Crippen LogP contribution in [0.3, 0.4) is 0 Å². The van der Waals surface area contributed by atoms with Crippen molar-refractivity contribution in [1.82, 2.24) is 0 Å². The minimum Gasteiger partial charge on any atom is -0.478 e. The van der Waals surface area contributed by atoms with Gasteiger partial charge in [-0.2, -0.15) is 0 Å². The summed E-state index contributed by atoms with van der Waals surface area (Å²) in [4.78, 5) is 29.5. The molecule has 1 atom stereocenters. The molecular formula is C40H41FN2O3. The molecule has 3 N–H and O–H groups in total. The number of carbonyl (C=O) groups is 2. The van der Waals surface area contributed by atoms with Crippen molar-refractivity contribution in [3.05, 3.63) is 130 Å². The molecule has 0 aliphatic rings. The number of hydrogen-bond donors (Lipinski definition) is 2. The molecule has 0 fully saturated rings. The molecule has 4 rings (SSSR count). The Bertz CT molecular complexity index is 1850. The van der Waals surface area contributed by atoms with Crippen LogP contribution in [-0.2, 0) is 4.79 Å². The smallest absolute Gasteiger partial charge is 0.335 e. The van der Waals surface area contributed by atoms with E-state index in [0.717, 1.165) is 22.3 Å². The SMILES string of the molecule is CCCC(=O)C(=C(C)c1ccc(C)c(C(=O)O)c1)c1cc(-c2ccc(-c3ccc(C(C)/C(C)=C/N=CN)cc3)cc2)c(F)cc1C. The molecule has 0 heterocycles. The molecule has 1 unspecified atom stereocenters. The lowest BCUT2D eigenvalue weighted by Gasteiger charge is -2.17. The number of carbonyl (C=O) groups excluding carboxylic acids is 1. The Labute approximate surface area is 271 Å². The first kappa shape index (κ1) is 33.8. The van der Waals surface area contributed by atoms with Crippen molar-refractivity contribution in [2.45, 2.75) is 60.3 Å². The Kier molecular flexibility index (Phi) is 10.9. The van der Waals surface area contributed by atoms with Crippen LogP contribution < -0.4 is 5.73 Å². The minimum absolute atomic E-state index is 0.0657. The van der Waals surface area contributed by atoms with Crippen molar-refractivity contribution < 1.29 is 19.1 Å². The van der Waals surface area contributed by atoms with E-state index in [1.54, 1.807) is 38.2 Å². The Balaban J connectivity index is 1.74. The van der Waals surface area contributed by atoms with Gasteiger partial charge in [0.05, 0.1) is 11.9 Å². The summed E-state index contributed by atoms with van der Waals surface area (Å²) in [6.45, 7) is 11.5. The van der Waals surface area contributed by atoms with E-state index in [9.17, 15) is 14.7 Å². The number of hydrogen-bond acceptors (Lipinski definition) is 3. The van der Waals surface area contributed by atoms with Gasteiger partial charge < -0.3 is 10.8 Å². The number of halogens is 1. The van der Waals surface area contributed by atoms with Crippen molar-refractivity contribution in [1.29, 1.82) is 0 Å². The van der Waals surface area contributed by atoms with E-state index in [0.29, 0.717) is 57.4 Å². The molecule has 0 saturated heterocycles. The van der Waals surface area contributed by atoms with Gasteiger partial charge in [0.1, 0.15) is 5.82 Å². The fraction of sp³-hybridized carbons (Fsp3) is 0.225. The number of nitrogens with zero attached hydrogens (tertiary/aromatic N) is 1. The highest BCUT2D eigenvalue weighted by molar-refractivity contribution is 6.28. The molecule has 5 nitrogen and oxygen atoms in total. The summed E-state index contributed by atoms with van der Waals surface area (Å²) in [6.07, 6.45) is 4.01. The minimum atomic E-state index is -1.02. The van der Waals surface area contributed by atoms with Crippen LogP contribution in [0.4, 0.5) is 4.39 Å². The average molecular weight is 617 g/mol. The molecule has 0 aliphatic carbocycles. The van der Waals surface area contributed by atoms with E-state index in [-0.39, 0.29) is 23.1 Å². The highest BCUT2D eigenvalue weighted by atomic mass is 19.1. The second kappa shape index (κ2) is 14.8. The molecule has 4 aromatic carbocycles. The molecular weight excluding hydrogens is 575 g/mol. The number of Topliss-reactive ketones (excluding diaryl/α,β-unsaturated/α-hetero) is 1. The van der Waals surface area contributed by atoms with Gasteiger partial charge in [0.15, 0.2) is 5.78 Å². The number of carboxylic acid groups (broad SMARTS) is 1. The number of allylic oxidation sites excluding steroid dienone is 3. The quantitative estimate of drug-likeness (QED) is 0.0759. The largest absolute Gasteiger partial charge is 0.478 e. The van der Waals surface area contributed by atoms with E-state index in [2.05, 4.69) is 36.2 Å². The van der Waals surface area contributed by atoms with E-state index in [1.165, 1.54) is 12.4 Å². The highest BCUT2D eigenvalue weighted by Crippen LogP contribution is 2.36. The predicted octanol–water partition coefficient (Wildman–Crippen LogP) is 9.77. The van der Waals surface area contributed by atoms with Crippen LogP contribution in [0.1, 0.15) is 84.6 Å². The molecule has 0 spiro atoms. The molecule has 6 heteroatoms. The summed E-state index contributed by atoms with van der Waals surface area (Å²) in [6, 6.07) is 24.5. The highest BCUT2D eigenvalue weighted by Gasteiger charge is 2.21. The fourth-order valence-corrected chi connectivity index (χ4v) is 5.65.